The van der Waals surface area contributed by atoms with E-state index in [9.17, 15) is 0 Å². The summed E-state index contributed by atoms with van der Waals surface area (Å²) in [7, 11) is 0. The van der Waals surface area contributed by atoms with Gasteiger partial charge in [-0.15, -0.1) is 0 Å². The molecule has 0 bridgehead atoms. The fourth-order valence-electron chi connectivity index (χ4n) is 2.71. The van der Waals surface area contributed by atoms with Gasteiger partial charge in [-0.1, -0.05) is 11.6 Å². The molecule has 3 rings (SSSR count). The highest BCUT2D eigenvalue weighted by Crippen LogP contribution is 2.28. The zero-order chi connectivity index (χ0) is 14.8. The molecule has 1 aliphatic rings. The van der Waals surface area contributed by atoms with Crippen molar-refractivity contribution >= 4 is 23.2 Å². The summed E-state index contributed by atoms with van der Waals surface area (Å²) in [5.41, 5.74) is 0.907. The Bertz CT molecular complexity index is 624. The first kappa shape index (κ1) is 14.5. The van der Waals surface area contributed by atoms with Gasteiger partial charge < -0.3 is 14.7 Å². The Balaban J connectivity index is 1.82. The molecule has 7 nitrogen and oxygen atoms in total. The molecule has 1 saturated heterocycles. The number of anilines is 1. The van der Waals surface area contributed by atoms with Gasteiger partial charge in [0.05, 0.1) is 19.3 Å². The number of hydrogen-bond donors (Lipinski definition) is 1. The van der Waals surface area contributed by atoms with E-state index < -0.39 is 0 Å². The van der Waals surface area contributed by atoms with Gasteiger partial charge in [0, 0.05) is 18.7 Å². The standard InChI is InChI=1S/C13H18ClN5O2/c1-9-11(14)17-13-15-8-16-19(13)12(9)18-4-2-10(3-5-18)21-7-6-20/h8,10,20H,2-7H2,1H3. The van der Waals surface area contributed by atoms with Gasteiger partial charge in [0.1, 0.15) is 17.3 Å². The molecule has 0 radical (unpaired) electrons. The molecule has 0 atom stereocenters. The van der Waals surface area contributed by atoms with Crippen molar-refractivity contribution in [3.05, 3.63) is 17.0 Å². The van der Waals surface area contributed by atoms with Crippen LogP contribution in [0.4, 0.5) is 5.82 Å². The van der Waals surface area contributed by atoms with Crippen molar-refractivity contribution in [1.29, 1.82) is 0 Å². The Labute approximate surface area is 127 Å². The Morgan fingerprint density at radius 1 is 1.43 bits per heavy atom. The van der Waals surface area contributed by atoms with Gasteiger partial charge in [0.2, 0.25) is 0 Å². The Hall–Kier alpha value is -1.44. The second-order valence-electron chi connectivity index (χ2n) is 5.10. The van der Waals surface area contributed by atoms with Crippen molar-refractivity contribution in [1.82, 2.24) is 19.6 Å². The average Bonchev–Trinajstić information content (AvgIpc) is 2.95. The fraction of sp³-hybridized carbons (Fsp3) is 0.615. The molecule has 3 heterocycles. The molecule has 2 aromatic heterocycles. The van der Waals surface area contributed by atoms with Crippen molar-refractivity contribution in [2.24, 2.45) is 0 Å². The second-order valence-corrected chi connectivity index (χ2v) is 5.46. The topological polar surface area (TPSA) is 75.8 Å². The lowest BCUT2D eigenvalue weighted by Gasteiger charge is -2.34. The first-order chi connectivity index (χ1) is 10.2. The maximum atomic E-state index is 8.81. The van der Waals surface area contributed by atoms with Crippen LogP contribution >= 0.6 is 11.6 Å². The minimum absolute atomic E-state index is 0.0683. The minimum Gasteiger partial charge on any atom is -0.394 e. The van der Waals surface area contributed by atoms with Crippen LogP contribution in [-0.4, -0.2) is 57.1 Å². The van der Waals surface area contributed by atoms with E-state index in [-0.39, 0.29) is 12.7 Å². The maximum absolute atomic E-state index is 8.81. The van der Waals surface area contributed by atoms with Crippen LogP contribution in [0.25, 0.3) is 5.78 Å². The van der Waals surface area contributed by atoms with E-state index in [0.717, 1.165) is 37.3 Å². The number of rotatable bonds is 4. The SMILES string of the molecule is Cc1c(Cl)nc2ncnn2c1N1CCC(OCCO)CC1. The summed E-state index contributed by atoms with van der Waals surface area (Å²) >= 11 is 6.19. The molecule has 0 spiro atoms. The Kier molecular flexibility index (Phi) is 4.23. The largest absolute Gasteiger partial charge is 0.394 e. The van der Waals surface area contributed by atoms with Crippen LogP contribution in [0.1, 0.15) is 18.4 Å². The highest BCUT2D eigenvalue weighted by atomic mass is 35.5. The van der Waals surface area contributed by atoms with E-state index in [0.29, 0.717) is 17.5 Å². The molecule has 0 unspecified atom stereocenters. The Morgan fingerprint density at radius 3 is 2.90 bits per heavy atom. The molecule has 2 aromatic rings. The van der Waals surface area contributed by atoms with Crippen LogP contribution < -0.4 is 4.90 Å². The lowest BCUT2D eigenvalue weighted by Crippen LogP contribution is -2.39. The predicted octanol–water partition coefficient (Wildman–Crippen LogP) is 1.06. The van der Waals surface area contributed by atoms with Gasteiger partial charge in [-0.3, -0.25) is 0 Å². The van der Waals surface area contributed by atoms with Gasteiger partial charge in [-0.05, 0) is 19.8 Å². The third-order valence-electron chi connectivity index (χ3n) is 3.76. The van der Waals surface area contributed by atoms with Crippen molar-refractivity contribution in [3.8, 4) is 0 Å². The van der Waals surface area contributed by atoms with Gasteiger partial charge in [-0.25, -0.2) is 0 Å². The van der Waals surface area contributed by atoms with E-state index in [4.69, 9.17) is 21.4 Å². The molecule has 0 aliphatic carbocycles. The van der Waals surface area contributed by atoms with E-state index in [2.05, 4.69) is 20.0 Å². The van der Waals surface area contributed by atoms with E-state index in [1.165, 1.54) is 6.33 Å². The lowest BCUT2D eigenvalue weighted by atomic mass is 10.1. The zero-order valence-electron chi connectivity index (χ0n) is 11.9. The van der Waals surface area contributed by atoms with Gasteiger partial charge in [-0.2, -0.15) is 19.6 Å². The smallest absolute Gasteiger partial charge is 0.255 e. The third kappa shape index (κ3) is 2.81. The molecule has 0 aromatic carbocycles. The normalized spacial score (nSPS) is 16.8. The van der Waals surface area contributed by atoms with Crippen molar-refractivity contribution in [3.63, 3.8) is 0 Å². The quantitative estimate of drug-likeness (QED) is 0.851. The first-order valence-corrected chi connectivity index (χ1v) is 7.41. The number of aromatic nitrogens is 4. The van der Waals surface area contributed by atoms with Gasteiger partial charge >= 0.3 is 0 Å². The summed E-state index contributed by atoms with van der Waals surface area (Å²) in [6.07, 6.45) is 3.52. The van der Waals surface area contributed by atoms with Crippen molar-refractivity contribution < 1.29 is 9.84 Å². The summed E-state index contributed by atoms with van der Waals surface area (Å²) in [4.78, 5) is 10.6. The third-order valence-corrected chi connectivity index (χ3v) is 4.13. The highest BCUT2D eigenvalue weighted by Gasteiger charge is 2.24. The molecular weight excluding hydrogens is 294 g/mol. The molecule has 1 aliphatic heterocycles. The molecule has 1 fully saturated rings. The number of nitrogens with zero attached hydrogens (tertiary/aromatic N) is 5. The van der Waals surface area contributed by atoms with Crippen LogP contribution in [-0.2, 0) is 4.74 Å². The number of aliphatic hydroxyl groups excluding tert-OH is 1. The monoisotopic (exact) mass is 311 g/mol. The van der Waals surface area contributed by atoms with Gasteiger partial charge in [0.15, 0.2) is 0 Å². The fourth-order valence-corrected chi connectivity index (χ4v) is 2.87. The van der Waals surface area contributed by atoms with Crippen LogP contribution in [0.5, 0.6) is 0 Å². The minimum atomic E-state index is 0.0683. The number of halogens is 1. The number of fused-ring (bicyclic) bond motifs is 1. The summed E-state index contributed by atoms with van der Waals surface area (Å²) in [5, 5.41) is 13.5. The first-order valence-electron chi connectivity index (χ1n) is 7.04. The summed E-state index contributed by atoms with van der Waals surface area (Å²) in [5.74, 6) is 1.46. The molecule has 1 N–H and O–H groups in total. The maximum Gasteiger partial charge on any atom is 0.255 e. The zero-order valence-corrected chi connectivity index (χ0v) is 12.6. The van der Waals surface area contributed by atoms with E-state index in [1.54, 1.807) is 4.52 Å². The summed E-state index contributed by atoms with van der Waals surface area (Å²) in [6, 6.07) is 0. The average molecular weight is 312 g/mol. The molecule has 8 heteroatoms. The molecule has 0 amide bonds. The highest BCUT2D eigenvalue weighted by molar-refractivity contribution is 6.30. The molecule has 0 saturated carbocycles. The Morgan fingerprint density at radius 2 is 2.19 bits per heavy atom. The van der Waals surface area contributed by atoms with Crippen LogP contribution in [0.3, 0.4) is 0 Å². The number of piperidine rings is 1. The molecular formula is C13H18ClN5O2. The van der Waals surface area contributed by atoms with Crippen LogP contribution in [0.2, 0.25) is 5.15 Å². The van der Waals surface area contributed by atoms with Crippen LogP contribution in [0.15, 0.2) is 6.33 Å². The number of hydrogen-bond acceptors (Lipinski definition) is 6. The second kappa shape index (κ2) is 6.13. The van der Waals surface area contributed by atoms with E-state index >= 15 is 0 Å². The number of ether oxygens (including phenoxy) is 1. The molecule has 114 valence electrons. The van der Waals surface area contributed by atoms with Crippen LogP contribution in [0, 0.1) is 6.92 Å². The van der Waals surface area contributed by atoms with E-state index in [1.807, 2.05) is 6.92 Å². The predicted molar refractivity (Wildman–Crippen MR) is 78.8 cm³/mol. The lowest BCUT2D eigenvalue weighted by molar-refractivity contribution is 0.0158. The summed E-state index contributed by atoms with van der Waals surface area (Å²) in [6.45, 7) is 4.12. The van der Waals surface area contributed by atoms with Crippen molar-refractivity contribution in [2.45, 2.75) is 25.9 Å². The summed E-state index contributed by atoms with van der Waals surface area (Å²) < 4.78 is 7.33. The van der Waals surface area contributed by atoms with Gasteiger partial charge in [0.25, 0.3) is 5.78 Å². The van der Waals surface area contributed by atoms with Crippen molar-refractivity contribution in [2.75, 3.05) is 31.2 Å². The number of aliphatic hydroxyl groups is 1. The molecule has 21 heavy (non-hydrogen) atoms.